The summed E-state index contributed by atoms with van der Waals surface area (Å²) >= 11 is 8.81. The van der Waals surface area contributed by atoms with E-state index >= 15 is 0 Å². The molecule has 2 N–H and O–H groups in total. The van der Waals surface area contributed by atoms with E-state index < -0.39 is 0 Å². The summed E-state index contributed by atoms with van der Waals surface area (Å²) < 4.78 is 0. The Balaban J connectivity index is 1.77. The topological polar surface area (TPSA) is 99.4 Å². The van der Waals surface area contributed by atoms with Gasteiger partial charge in [0.15, 0.2) is 0 Å². The first-order valence-corrected chi connectivity index (χ1v) is 9.29. The molecule has 122 valence electrons. The zero-order valence-electron chi connectivity index (χ0n) is 12.7. The van der Waals surface area contributed by atoms with Crippen LogP contribution in [-0.2, 0) is 5.75 Å². The lowest BCUT2D eigenvalue weighted by molar-refractivity contribution is 1.11. The van der Waals surface area contributed by atoms with Gasteiger partial charge in [-0.1, -0.05) is 35.5 Å². The molecule has 0 aliphatic carbocycles. The van der Waals surface area contributed by atoms with Crippen LogP contribution in [0.4, 0.5) is 5.82 Å². The van der Waals surface area contributed by atoms with Crippen molar-refractivity contribution in [1.29, 1.82) is 10.5 Å². The molecule has 0 atom stereocenters. The molecule has 2 aromatic heterocycles. The Labute approximate surface area is 157 Å². The molecule has 3 rings (SSSR count). The first kappa shape index (κ1) is 17.2. The number of halogens is 1. The second-order valence-corrected chi connectivity index (χ2v) is 7.20. The Morgan fingerprint density at radius 1 is 1.12 bits per heavy atom. The van der Waals surface area contributed by atoms with Crippen molar-refractivity contribution in [2.24, 2.45) is 0 Å². The van der Waals surface area contributed by atoms with Gasteiger partial charge in [0.1, 0.15) is 28.0 Å². The lowest BCUT2D eigenvalue weighted by Gasteiger charge is -2.04. The van der Waals surface area contributed by atoms with Gasteiger partial charge in [0.2, 0.25) is 0 Å². The fourth-order valence-corrected chi connectivity index (χ4v) is 3.94. The molecule has 5 nitrogen and oxygen atoms in total. The quantitative estimate of drug-likeness (QED) is 0.667. The maximum atomic E-state index is 9.22. The minimum Gasteiger partial charge on any atom is -0.383 e. The molecule has 0 saturated carbocycles. The highest BCUT2D eigenvalue weighted by Crippen LogP contribution is 2.30. The van der Waals surface area contributed by atoms with E-state index in [-0.39, 0.29) is 11.4 Å². The molecule has 3 aromatic rings. The first-order chi connectivity index (χ1) is 12.1. The average Bonchev–Trinajstić information content (AvgIpc) is 3.09. The van der Waals surface area contributed by atoms with Crippen LogP contribution in [0.15, 0.2) is 40.7 Å². The van der Waals surface area contributed by atoms with Crippen LogP contribution in [0.3, 0.4) is 0 Å². The highest BCUT2D eigenvalue weighted by atomic mass is 35.5. The standard InChI is InChI=1S/C17H10ClN5S2/c18-13-3-1-10(2-4-13)16-22-14(8-24-16)9-25-17-12(7-20)5-11(6-19)15(21)23-17/h1-5,8H,9H2,(H2,21,23). The van der Waals surface area contributed by atoms with E-state index in [2.05, 4.69) is 9.97 Å². The number of nitrogens with two attached hydrogens (primary N) is 1. The van der Waals surface area contributed by atoms with Crippen LogP contribution in [0.5, 0.6) is 0 Å². The van der Waals surface area contributed by atoms with Crippen LogP contribution >= 0.6 is 34.7 Å². The van der Waals surface area contributed by atoms with Crippen molar-refractivity contribution < 1.29 is 0 Å². The second kappa shape index (κ2) is 7.54. The first-order valence-electron chi connectivity index (χ1n) is 7.04. The fraction of sp³-hybridized carbons (Fsp3) is 0.0588. The van der Waals surface area contributed by atoms with Gasteiger partial charge in [-0.05, 0) is 18.2 Å². The molecule has 0 unspecified atom stereocenters. The maximum absolute atomic E-state index is 9.22. The van der Waals surface area contributed by atoms with Gasteiger partial charge in [0, 0.05) is 21.7 Å². The van der Waals surface area contributed by atoms with Crippen LogP contribution in [0.25, 0.3) is 10.6 Å². The summed E-state index contributed by atoms with van der Waals surface area (Å²) in [7, 11) is 0. The van der Waals surface area contributed by atoms with Gasteiger partial charge in [0.25, 0.3) is 0 Å². The predicted molar refractivity (Wildman–Crippen MR) is 100 cm³/mol. The van der Waals surface area contributed by atoms with Gasteiger partial charge in [-0.3, -0.25) is 0 Å². The van der Waals surface area contributed by atoms with Gasteiger partial charge in [-0.25, -0.2) is 9.97 Å². The summed E-state index contributed by atoms with van der Waals surface area (Å²) in [5, 5.41) is 22.2. The number of hydrogen-bond donors (Lipinski definition) is 1. The molecule has 0 radical (unpaired) electrons. The summed E-state index contributed by atoms with van der Waals surface area (Å²) in [4.78, 5) is 8.76. The number of aromatic nitrogens is 2. The van der Waals surface area contributed by atoms with Gasteiger partial charge >= 0.3 is 0 Å². The van der Waals surface area contributed by atoms with E-state index in [1.54, 1.807) is 11.3 Å². The van der Waals surface area contributed by atoms with E-state index in [4.69, 9.17) is 22.6 Å². The minimum absolute atomic E-state index is 0.129. The van der Waals surface area contributed by atoms with Crippen molar-refractivity contribution in [3.63, 3.8) is 0 Å². The molecule has 0 aliphatic rings. The van der Waals surface area contributed by atoms with Crippen molar-refractivity contribution in [2.75, 3.05) is 5.73 Å². The molecule has 2 heterocycles. The van der Waals surface area contributed by atoms with Gasteiger partial charge in [-0.2, -0.15) is 10.5 Å². The highest BCUT2D eigenvalue weighted by molar-refractivity contribution is 7.98. The van der Waals surface area contributed by atoms with E-state index in [0.29, 0.717) is 21.4 Å². The molecule has 0 bridgehead atoms. The number of thiazole rings is 1. The van der Waals surface area contributed by atoms with E-state index in [1.165, 1.54) is 17.8 Å². The number of thioether (sulfide) groups is 1. The van der Waals surface area contributed by atoms with Crippen molar-refractivity contribution in [2.45, 2.75) is 10.8 Å². The largest absolute Gasteiger partial charge is 0.383 e. The molecule has 0 saturated heterocycles. The number of pyridine rings is 1. The minimum atomic E-state index is 0.129. The number of hydrogen-bond acceptors (Lipinski definition) is 7. The number of nitrogens with zero attached hydrogens (tertiary/aromatic N) is 4. The Morgan fingerprint density at radius 3 is 2.52 bits per heavy atom. The summed E-state index contributed by atoms with van der Waals surface area (Å²) in [5.74, 6) is 0.682. The summed E-state index contributed by atoms with van der Waals surface area (Å²) in [6.45, 7) is 0. The van der Waals surface area contributed by atoms with Crippen LogP contribution in [0.1, 0.15) is 16.8 Å². The van der Waals surface area contributed by atoms with Crippen LogP contribution in [0.2, 0.25) is 5.02 Å². The van der Waals surface area contributed by atoms with Crippen molar-refractivity contribution in [3.8, 4) is 22.7 Å². The van der Waals surface area contributed by atoms with Crippen LogP contribution < -0.4 is 5.73 Å². The van der Waals surface area contributed by atoms with Crippen molar-refractivity contribution >= 4 is 40.5 Å². The normalized spacial score (nSPS) is 10.2. The molecule has 25 heavy (non-hydrogen) atoms. The lowest BCUT2D eigenvalue weighted by atomic mass is 10.2. The molecule has 0 spiro atoms. The Bertz CT molecular complexity index is 999. The number of nitrogen functional groups attached to an aromatic ring is 1. The number of anilines is 1. The molecular formula is C17H10ClN5S2. The third kappa shape index (κ3) is 3.92. The fourth-order valence-electron chi connectivity index (χ4n) is 2.03. The SMILES string of the molecule is N#Cc1cc(C#N)c(SCc2csc(-c3ccc(Cl)cc3)n2)nc1N. The molecule has 0 fully saturated rings. The van der Waals surface area contributed by atoms with Gasteiger partial charge < -0.3 is 5.73 Å². The molecule has 1 aromatic carbocycles. The van der Waals surface area contributed by atoms with Gasteiger partial charge in [-0.15, -0.1) is 11.3 Å². The van der Waals surface area contributed by atoms with Gasteiger partial charge in [0.05, 0.1) is 16.8 Å². The maximum Gasteiger partial charge on any atom is 0.142 e. The number of nitriles is 2. The molecule has 8 heteroatoms. The number of rotatable bonds is 4. The van der Waals surface area contributed by atoms with Crippen molar-refractivity contribution in [1.82, 2.24) is 9.97 Å². The second-order valence-electron chi connectivity index (χ2n) is 4.94. The molecular weight excluding hydrogens is 374 g/mol. The molecule has 0 amide bonds. The monoisotopic (exact) mass is 383 g/mol. The lowest BCUT2D eigenvalue weighted by Crippen LogP contribution is -1.99. The Morgan fingerprint density at radius 2 is 1.84 bits per heavy atom. The van der Waals surface area contributed by atoms with Crippen LogP contribution in [0, 0.1) is 22.7 Å². The van der Waals surface area contributed by atoms with E-state index in [1.807, 2.05) is 41.8 Å². The van der Waals surface area contributed by atoms with Crippen LogP contribution in [-0.4, -0.2) is 9.97 Å². The third-order valence-electron chi connectivity index (χ3n) is 3.26. The van der Waals surface area contributed by atoms with E-state index in [9.17, 15) is 5.26 Å². The Kier molecular flexibility index (Phi) is 5.20. The summed E-state index contributed by atoms with van der Waals surface area (Å²) in [5.41, 5.74) is 8.17. The number of benzene rings is 1. The predicted octanol–water partition coefficient (Wildman–Crippen LogP) is 4.48. The zero-order valence-corrected chi connectivity index (χ0v) is 15.1. The average molecular weight is 384 g/mol. The Hall–Kier alpha value is -2.58. The zero-order chi connectivity index (χ0) is 17.8. The smallest absolute Gasteiger partial charge is 0.142 e. The van der Waals surface area contributed by atoms with E-state index in [0.717, 1.165) is 16.3 Å². The summed E-state index contributed by atoms with van der Waals surface area (Å²) in [6.07, 6.45) is 0. The third-order valence-corrected chi connectivity index (χ3v) is 5.47. The highest BCUT2D eigenvalue weighted by Gasteiger charge is 2.12. The molecule has 0 aliphatic heterocycles. The van der Waals surface area contributed by atoms with Crippen molar-refractivity contribution in [3.05, 3.63) is 57.6 Å². The summed E-state index contributed by atoms with van der Waals surface area (Å²) in [6, 6.07) is 12.9.